The highest BCUT2D eigenvalue weighted by Gasteiger charge is 2.38. The predicted octanol–water partition coefficient (Wildman–Crippen LogP) is 3.77. The highest BCUT2D eigenvalue weighted by atomic mass is 16.7. The lowest BCUT2D eigenvalue weighted by atomic mass is 10.0. The molecule has 0 aromatic heterocycles. The first-order valence-electron chi connectivity index (χ1n) is 12.0. The molecule has 198 valence electrons. The molecule has 1 amide bonds. The summed E-state index contributed by atoms with van der Waals surface area (Å²) in [6.45, 7) is 4.56. The van der Waals surface area contributed by atoms with Crippen LogP contribution in [0.25, 0.3) is 10.8 Å². The second kappa shape index (κ2) is 13.9. The number of likely N-dealkylation sites (N-methyl/N-ethyl adjacent to an activating group) is 1. The van der Waals surface area contributed by atoms with Gasteiger partial charge >= 0.3 is 11.9 Å². The number of esters is 1. The topological polar surface area (TPSA) is 112 Å². The number of hydrogen-bond acceptors (Lipinski definition) is 7. The number of hydrogen-bond donors (Lipinski definition) is 1. The first-order valence-corrected chi connectivity index (χ1v) is 12.0. The number of aryl methyl sites for hydroxylation is 1. The number of carbonyl (C=O) groups excluding carboxylic acids is 2. The molecule has 0 saturated heterocycles. The number of aliphatic carboxylic acids is 1. The molecule has 9 nitrogen and oxygen atoms in total. The van der Waals surface area contributed by atoms with Gasteiger partial charge in [0.25, 0.3) is 5.91 Å². The molecular formula is C27H37NO8. The Kier molecular flexibility index (Phi) is 11.3. The Labute approximate surface area is 212 Å². The van der Waals surface area contributed by atoms with E-state index in [2.05, 4.69) is 30.3 Å². The second-order valence-electron chi connectivity index (χ2n) is 9.46. The summed E-state index contributed by atoms with van der Waals surface area (Å²) in [4.78, 5) is 41.5. The third kappa shape index (κ3) is 9.56. The average molecular weight is 504 g/mol. The number of unbranched alkanes of at least 4 members (excludes halogenated alkanes) is 2. The minimum absolute atomic E-state index is 0.144. The van der Waals surface area contributed by atoms with E-state index in [-0.39, 0.29) is 6.61 Å². The van der Waals surface area contributed by atoms with Crippen molar-refractivity contribution in [2.24, 2.45) is 0 Å². The van der Waals surface area contributed by atoms with Gasteiger partial charge in [0.15, 0.2) is 12.2 Å². The van der Waals surface area contributed by atoms with Gasteiger partial charge in [-0.2, -0.15) is 0 Å². The Bertz CT molecular complexity index is 1020. The molecule has 0 fully saturated rings. The van der Waals surface area contributed by atoms with Crippen LogP contribution in [0, 0.1) is 0 Å². The van der Waals surface area contributed by atoms with E-state index in [1.807, 2.05) is 12.1 Å². The van der Waals surface area contributed by atoms with E-state index in [4.69, 9.17) is 19.0 Å². The van der Waals surface area contributed by atoms with Crippen molar-refractivity contribution in [1.29, 1.82) is 0 Å². The fourth-order valence-corrected chi connectivity index (χ4v) is 3.59. The highest BCUT2D eigenvalue weighted by Crippen LogP contribution is 2.18. The van der Waals surface area contributed by atoms with Crippen molar-refractivity contribution in [2.45, 2.75) is 64.3 Å². The highest BCUT2D eigenvalue weighted by molar-refractivity contribution is 5.87. The summed E-state index contributed by atoms with van der Waals surface area (Å²) in [5.41, 5.74) is 0.486. The third-order valence-electron chi connectivity index (χ3n) is 5.37. The minimum atomic E-state index is -1.71. The summed E-state index contributed by atoms with van der Waals surface area (Å²) in [5.74, 6) is -2.91. The molecule has 0 aliphatic carbocycles. The van der Waals surface area contributed by atoms with E-state index in [0.29, 0.717) is 6.42 Å². The molecule has 36 heavy (non-hydrogen) atoms. The molecule has 0 bridgehead atoms. The van der Waals surface area contributed by atoms with Crippen LogP contribution in [-0.2, 0) is 39.9 Å². The molecule has 1 N–H and O–H groups in total. The average Bonchev–Trinajstić information content (AvgIpc) is 2.82. The summed E-state index contributed by atoms with van der Waals surface area (Å²) >= 11 is 0. The van der Waals surface area contributed by atoms with Crippen LogP contribution < -0.4 is 0 Å². The number of fused-ring (bicyclic) bond motifs is 1. The largest absolute Gasteiger partial charge is 0.479 e. The van der Waals surface area contributed by atoms with Gasteiger partial charge in [-0.3, -0.25) is 9.63 Å². The fraction of sp³-hybridized carbons (Fsp3) is 0.519. The maximum Gasteiger partial charge on any atom is 0.336 e. The normalized spacial score (nSPS) is 13.2. The molecule has 0 aliphatic heterocycles. The number of rotatable bonds is 14. The van der Waals surface area contributed by atoms with Crippen LogP contribution in [0.1, 0.15) is 45.6 Å². The molecule has 0 heterocycles. The van der Waals surface area contributed by atoms with Gasteiger partial charge in [-0.25, -0.2) is 14.7 Å². The molecular weight excluding hydrogens is 466 g/mol. The number of carboxylic acid groups (broad SMARTS) is 1. The zero-order valence-corrected chi connectivity index (χ0v) is 21.7. The molecule has 2 aromatic carbocycles. The van der Waals surface area contributed by atoms with Crippen LogP contribution in [0.2, 0.25) is 0 Å². The third-order valence-corrected chi connectivity index (χ3v) is 5.37. The molecule has 0 saturated carbocycles. The zero-order valence-electron chi connectivity index (χ0n) is 21.7. The van der Waals surface area contributed by atoms with Gasteiger partial charge in [0.2, 0.25) is 0 Å². The van der Waals surface area contributed by atoms with E-state index in [1.54, 1.807) is 20.8 Å². The smallest absolute Gasteiger partial charge is 0.336 e. The first kappa shape index (κ1) is 29.2. The van der Waals surface area contributed by atoms with E-state index < -0.39 is 42.3 Å². The van der Waals surface area contributed by atoms with Gasteiger partial charge in [0.1, 0.15) is 12.2 Å². The van der Waals surface area contributed by atoms with Gasteiger partial charge in [-0.05, 0) is 56.4 Å². The Hall–Kier alpha value is -3.01. The van der Waals surface area contributed by atoms with E-state index >= 15 is 0 Å². The van der Waals surface area contributed by atoms with E-state index in [9.17, 15) is 19.5 Å². The molecule has 0 aliphatic rings. The van der Waals surface area contributed by atoms with Crippen molar-refractivity contribution < 1.29 is 38.5 Å². The molecule has 2 rings (SSSR count). The SMILES string of the molecule is CON(C)C(=O)[C@H](OCCCCCc1ccc2ccccc2c1)[C@@H](OCC(=O)OC(C)(C)C)C(=O)O. The van der Waals surface area contributed by atoms with E-state index in [1.165, 1.54) is 30.5 Å². The summed E-state index contributed by atoms with van der Waals surface area (Å²) in [5, 5.41) is 12.9. The molecule has 2 atom stereocenters. The number of amides is 1. The van der Waals surface area contributed by atoms with Crippen molar-refractivity contribution in [3.05, 3.63) is 48.0 Å². The van der Waals surface area contributed by atoms with Crippen molar-refractivity contribution >= 4 is 28.6 Å². The fourth-order valence-electron chi connectivity index (χ4n) is 3.59. The number of benzene rings is 2. The van der Waals surface area contributed by atoms with Gasteiger partial charge in [-0.1, -0.05) is 48.9 Å². The Morgan fingerprint density at radius 2 is 1.64 bits per heavy atom. The monoisotopic (exact) mass is 503 g/mol. The Morgan fingerprint density at radius 1 is 0.944 bits per heavy atom. The Balaban J connectivity index is 1.90. The van der Waals surface area contributed by atoms with Crippen molar-refractivity contribution in [3.8, 4) is 0 Å². The van der Waals surface area contributed by atoms with E-state index in [0.717, 1.165) is 24.3 Å². The predicted molar refractivity (Wildman–Crippen MR) is 134 cm³/mol. The zero-order chi connectivity index (χ0) is 26.7. The number of carbonyl (C=O) groups is 3. The van der Waals surface area contributed by atoms with Gasteiger partial charge in [0.05, 0.1) is 7.11 Å². The van der Waals surface area contributed by atoms with Gasteiger partial charge < -0.3 is 19.3 Å². The number of hydroxylamine groups is 2. The van der Waals surface area contributed by atoms with Crippen LogP contribution in [0.15, 0.2) is 42.5 Å². The van der Waals surface area contributed by atoms with Crippen LogP contribution in [0.3, 0.4) is 0 Å². The number of nitrogens with zero attached hydrogens (tertiary/aromatic N) is 1. The van der Waals surface area contributed by atoms with Crippen molar-refractivity contribution in [1.82, 2.24) is 5.06 Å². The lowest BCUT2D eigenvalue weighted by Crippen LogP contribution is -2.49. The molecule has 0 spiro atoms. The van der Waals surface area contributed by atoms with Crippen molar-refractivity contribution in [3.63, 3.8) is 0 Å². The van der Waals surface area contributed by atoms with Crippen LogP contribution in [0.4, 0.5) is 0 Å². The summed E-state index contributed by atoms with van der Waals surface area (Å²) in [7, 11) is 2.62. The lowest BCUT2D eigenvalue weighted by Gasteiger charge is -2.27. The quantitative estimate of drug-likeness (QED) is 0.236. The minimum Gasteiger partial charge on any atom is -0.479 e. The standard InChI is InChI=1S/C27H37NO8/c1-27(2,3)36-22(29)18-35-24(26(31)32)23(25(30)28(4)33-5)34-16-10-6-7-11-19-14-15-20-12-8-9-13-21(20)17-19/h8-9,12-15,17,23-24H,6-7,10-11,16,18H2,1-5H3,(H,31,32)/t23-,24-/m1/s1. The summed E-state index contributed by atoms with van der Waals surface area (Å²) in [6, 6.07) is 14.6. The molecule has 2 aromatic rings. The first-order chi connectivity index (χ1) is 17.0. The van der Waals surface area contributed by atoms with Gasteiger partial charge in [-0.15, -0.1) is 0 Å². The molecule has 0 unspecified atom stereocenters. The molecule has 0 radical (unpaired) electrons. The molecule has 9 heteroatoms. The number of carboxylic acids is 1. The maximum atomic E-state index is 12.7. The summed E-state index contributed by atoms with van der Waals surface area (Å²) in [6.07, 6.45) is 0.0544. The lowest BCUT2D eigenvalue weighted by molar-refractivity contribution is -0.197. The van der Waals surface area contributed by atoms with Crippen molar-refractivity contribution in [2.75, 3.05) is 27.4 Å². The van der Waals surface area contributed by atoms with Crippen LogP contribution >= 0.6 is 0 Å². The second-order valence-corrected chi connectivity index (χ2v) is 9.46. The summed E-state index contributed by atoms with van der Waals surface area (Å²) < 4.78 is 16.1. The van der Waals surface area contributed by atoms with Gasteiger partial charge in [0, 0.05) is 13.7 Å². The van der Waals surface area contributed by atoms with Crippen LogP contribution in [0.5, 0.6) is 0 Å². The number of ether oxygens (including phenoxy) is 3. The van der Waals surface area contributed by atoms with Crippen LogP contribution in [-0.4, -0.2) is 73.2 Å². The maximum absolute atomic E-state index is 12.7. The Morgan fingerprint density at radius 3 is 2.28 bits per heavy atom.